The maximum absolute atomic E-state index is 15.4. The summed E-state index contributed by atoms with van der Waals surface area (Å²) in [4.78, 5) is 16.5. The molecule has 12 rings (SSSR count). The highest BCUT2D eigenvalue weighted by atomic mass is 19.1. The second kappa shape index (κ2) is 21.6. The van der Waals surface area contributed by atoms with Crippen LogP contribution in [0.4, 0.5) is 8.78 Å². The van der Waals surface area contributed by atoms with Gasteiger partial charge in [0.1, 0.15) is 48.6 Å². The molecule has 6 aliphatic carbocycles. The number of fused-ring (bicyclic) bond motifs is 10. The van der Waals surface area contributed by atoms with Crippen molar-refractivity contribution in [1.82, 2.24) is 9.80 Å². The van der Waals surface area contributed by atoms with Crippen molar-refractivity contribution in [3.8, 4) is 23.0 Å². The number of carbonyl (C=O) groups is 1. The number of rotatable bonds is 11. The number of hydrogen-bond acceptors (Lipinski definition) is 7. The van der Waals surface area contributed by atoms with Gasteiger partial charge in [-0.25, -0.2) is 8.78 Å². The molecule has 0 amide bonds. The Bertz CT molecular complexity index is 2520. The smallest absolute Gasteiger partial charge is 0.308 e. The predicted octanol–water partition coefficient (Wildman–Crippen LogP) is 13.9. The van der Waals surface area contributed by atoms with Crippen LogP contribution in [-0.2, 0) is 17.6 Å². The third-order valence-electron chi connectivity index (χ3n) is 20.3. The third-order valence-corrected chi connectivity index (χ3v) is 20.3. The third kappa shape index (κ3) is 10.3. The second-order valence-electron chi connectivity index (χ2n) is 24.4. The van der Waals surface area contributed by atoms with Crippen molar-refractivity contribution < 1.29 is 32.9 Å². The molecule has 7 nitrogen and oxygen atoms in total. The van der Waals surface area contributed by atoms with Crippen molar-refractivity contribution in [3.05, 3.63) is 118 Å². The molecule has 6 fully saturated rings. The van der Waals surface area contributed by atoms with Crippen LogP contribution in [-0.4, -0.2) is 85.7 Å². The second-order valence-corrected chi connectivity index (χ2v) is 24.4. The van der Waals surface area contributed by atoms with Gasteiger partial charge in [0.25, 0.3) is 0 Å². The van der Waals surface area contributed by atoms with Crippen LogP contribution in [0, 0.1) is 34.5 Å². The monoisotopic (exact) mass is 997 g/mol. The number of phenols is 1. The Hall–Kier alpha value is -4.47. The van der Waals surface area contributed by atoms with Crippen molar-refractivity contribution in [1.29, 1.82) is 0 Å². The molecule has 0 radical (unpaired) electrons. The number of halogens is 2. The van der Waals surface area contributed by atoms with Crippen molar-refractivity contribution >= 4 is 5.97 Å². The van der Waals surface area contributed by atoms with Crippen molar-refractivity contribution in [2.24, 2.45) is 34.5 Å². The number of benzene rings is 4. The molecule has 4 aromatic carbocycles. The highest BCUT2D eigenvalue weighted by molar-refractivity contribution is 5.69. The number of likely N-dealkylation sites (tertiary alicyclic amines) is 2. The lowest BCUT2D eigenvalue weighted by Crippen LogP contribution is -2.46. The van der Waals surface area contributed by atoms with Gasteiger partial charge in [0.15, 0.2) is 0 Å². The molecular weight excluding hydrogens is 915 g/mol. The van der Waals surface area contributed by atoms with Crippen LogP contribution >= 0.6 is 0 Å². The van der Waals surface area contributed by atoms with Crippen LogP contribution in [0.5, 0.6) is 23.0 Å². The summed E-state index contributed by atoms with van der Waals surface area (Å²) in [7, 11) is 0. The largest absolute Gasteiger partial charge is 0.508 e. The van der Waals surface area contributed by atoms with E-state index >= 15 is 8.78 Å². The molecule has 8 aliphatic rings. The van der Waals surface area contributed by atoms with E-state index in [9.17, 15) is 9.90 Å². The zero-order chi connectivity index (χ0) is 50.3. The fourth-order valence-electron chi connectivity index (χ4n) is 16.7. The molecule has 392 valence electrons. The van der Waals surface area contributed by atoms with Crippen molar-refractivity contribution in [3.63, 3.8) is 0 Å². The summed E-state index contributed by atoms with van der Waals surface area (Å²) in [5.74, 6) is 5.73. The van der Waals surface area contributed by atoms with Crippen LogP contribution in [0.15, 0.2) is 84.9 Å². The normalized spacial score (nSPS) is 33.6. The van der Waals surface area contributed by atoms with Crippen LogP contribution in [0.2, 0.25) is 0 Å². The molecule has 12 atom stereocenters. The summed E-state index contributed by atoms with van der Waals surface area (Å²) >= 11 is 0. The van der Waals surface area contributed by atoms with E-state index in [1.54, 1.807) is 0 Å². The summed E-state index contributed by atoms with van der Waals surface area (Å²) in [6.07, 6.45) is 15.8. The topological polar surface area (TPSA) is 71.5 Å². The number of ether oxygens (including phenoxy) is 3. The lowest BCUT2D eigenvalue weighted by atomic mass is 9.51. The molecule has 4 saturated carbocycles. The molecule has 2 saturated heterocycles. The van der Waals surface area contributed by atoms with Gasteiger partial charge in [-0.05, 0) is 245 Å². The van der Waals surface area contributed by atoms with Gasteiger partial charge in [0, 0.05) is 30.8 Å². The number of piperidine rings is 2. The van der Waals surface area contributed by atoms with E-state index in [1.807, 2.05) is 18.2 Å². The first-order valence-corrected chi connectivity index (χ1v) is 28.8. The fraction of sp³-hybridized carbons (Fsp3) is 0.609. The molecule has 0 aromatic heterocycles. The minimum atomic E-state index is -0.721. The summed E-state index contributed by atoms with van der Waals surface area (Å²) in [6, 6.07) is 29.5. The number of hydrogen-bond donors (Lipinski definition) is 1. The standard InChI is InChI=1S/C33H42FNO3.C31H40FNO2/c1-22(36)38-26-11-13-27-24(20-26)8-12-28-30-14-15-31(34)33(30,2)21-29(32(27)28)23-6-9-25(10-7-23)37-19-18-35-16-4-3-5-17-35;1-31-20-27(21-5-9-24(10-6-21)35-18-17-33-15-3-2-4-16-33)30-25-12-8-23(34)19-22(25)7-11-26(30)28(31)13-14-29(31)32/h6-7,9-11,13,20,28-32H,3-5,8,12,14-19,21H2,1-2H3;5-6,8-10,12,19,26-30,34H,2-4,7,11,13-18,20H2,1H3/t28?,29-,30?,31-,32?,33+;26?,27-,28?,29-,30?,31+/m11/s1. The van der Waals surface area contributed by atoms with Gasteiger partial charge in [-0.15, -0.1) is 0 Å². The van der Waals surface area contributed by atoms with E-state index in [1.165, 1.54) is 105 Å². The van der Waals surface area contributed by atoms with Crippen LogP contribution in [0.25, 0.3) is 0 Å². The van der Waals surface area contributed by atoms with Gasteiger partial charge in [-0.3, -0.25) is 14.6 Å². The number of alkyl halides is 2. The zero-order valence-electron chi connectivity index (χ0n) is 44.1. The van der Waals surface area contributed by atoms with Gasteiger partial charge < -0.3 is 19.3 Å². The SMILES string of the molecule is CC(=O)Oc1ccc2c(c1)CCC1C2[C@@H](c2ccc(OCCN3CCCCC3)cc2)C[C@@]2(C)C1CC[C@H]2F.C[C@]12C[C@H](c3ccc(OCCN4CCCCC4)cc3)C3c4ccc(O)cc4CCC3C1CC[C@H]2F. The first kappa shape index (κ1) is 50.7. The van der Waals surface area contributed by atoms with Crippen molar-refractivity contribution in [2.45, 2.75) is 160 Å². The van der Waals surface area contributed by atoms with E-state index in [0.717, 1.165) is 89.2 Å². The average molecular weight is 997 g/mol. The Balaban J connectivity index is 0.000000158. The number of esters is 1. The molecule has 9 heteroatoms. The highest BCUT2D eigenvalue weighted by Gasteiger charge is 2.60. The maximum atomic E-state index is 15.4. The zero-order valence-corrected chi connectivity index (χ0v) is 44.1. The number of carbonyl (C=O) groups excluding carboxylic acids is 1. The summed E-state index contributed by atoms with van der Waals surface area (Å²) in [5, 5.41) is 10.1. The lowest BCUT2D eigenvalue weighted by Gasteiger charge is -2.53. The molecule has 2 aliphatic heterocycles. The average Bonchev–Trinajstić information content (AvgIpc) is 3.88. The van der Waals surface area contributed by atoms with Gasteiger partial charge >= 0.3 is 5.97 Å². The van der Waals surface area contributed by atoms with Gasteiger partial charge in [-0.1, -0.05) is 63.1 Å². The van der Waals surface area contributed by atoms with E-state index < -0.39 is 12.3 Å². The molecule has 4 aromatic rings. The number of aromatic hydroxyl groups is 1. The molecule has 0 bridgehead atoms. The predicted molar refractivity (Wildman–Crippen MR) is 286 cm³/mol. The Labute approximate surface area is 434 Å². The maximum Gasteiger partial charge on any atom is 0.308 e. The first-order chi connectivity index (χ1) is 35.4. The summed E-state index contributed by atoms with van der Waals surface area (Å²) in [6.45, 7) is 14.1. The van der Waals surface area contributed by atoms with E-state index in [0.29, 0.717) is 65.8 Å². The molecule has 6 unspecified atom stereocenters. The molecule has 1 N–H and O–H groups in total. The minimum absolute atomic E-state index is 0.232. The number of phenolic OH excluding ortho intramolecular Hbond substituents is 1. The Morgan fingerprint density at radius 3 is 1.48 bits per heavy atom. The van der Waals surface area contributed by atoms with E-state index in [2.05, 4.69) is 90.4 Å². The van der Waals surface area contributed by atoms with E-state index in [-0.39, 0.29) is 22.7 Å². The van der Waals surface area contributed by atoms with Crippen LogP contribution in [0.1, 0.15) is 168 Å². The molecule has 2 heterocycles. The molecule has 0 spiro atoms. The van der Waals surface area contributed by atoms with Crippen LogP contribution < -0.4 is 14.2 Å². The van der Waals surface area contributed by atoms with Gasteiger partial charge in [-0.2, -0.15) is 0 Å². The summed E-state index contributed by atoms with van der Waals surface area (Å²) in [5.41, 5.74) is 7.43. The Kier molecular flexibility index (Phi) is 15.0. The molecular formula is C64H82F2N2O5. The molecule has 73 heavy (non-hydrogen) atoms. The Morgan fingerprint density at radius 1 is 0.575 bits per heavy atom. The lowest BCUT2D eigenvalue weighted by molar-refractivity contribution is -0.131. The van der Waals surface area contributed by atoms with Crippen LogP contribution in [0.3, 0.4) is 0 Å². The highest BCUT2D eigenvalue weighted by Crippen LogP contribution is 2.67. The number of aryl methyl sites for hydroxylation is 2. The minimum Gasteiger partial charge on any atom is -0.508 e. The number of nitrogens with zero attached hydrogens (tertiary/aromatic N) is 2. The summed E-state index contributed by atoms with van der Waals surface area (Å²) < 4.78 is 48.4. The first-order valence-electron chi connectivity index (χ1n) is 28.8. The van der Waals surface area contributed by atoms with Gasteiger partial charge in [0.05, 0.1) is 0 Å². The van der Waals surface area contributed by atoms with Gasteiger partial charge in [0.2, 0.25) is 0 Å². The van der Waals surface area contributed by atoms with E-state index in [4.69, 9.17) is 14.2 Å². The fourth-order valence-corrected chi connectivity index (χ4v) is 16.7. The quantitative estimate of drug-likeness (QED) is 0.119. The van der Waals surface area contributed by atoms with Crippen molar-refractivity contribution in [2.75, 3.05) is 52.5 Å². The Morgan fingerprint density at radius 2 is 1.01 bits per heavy atom.